The molecule has 2 saturated heterocycles. The van der Waals surface area contributed by atoms with Crippen molar-refractivity contribution in [2.75, 3.05) is 37.7 Å². The van der Waals surface area contributed by atoms with Crippen LogP contribution in [0.5, 0.6) is 0 Å². The Hall–Kier alpha value is -2.12. The normalized spacial score (nSPS) is 24.7. The lowest BCUT2D eigenvalue weighted by atomic mass is 10.1. The molecule has 1 aromatic heterocycles. The number of aliphatic hydroxyl groups excluding tert-OH is 1. The Morgan fingerprint density at radius 3 is 3.08 bits per heavy atom. The van der Waals surface area contributed by atoms with Gasteiger partial charge in [-0.1, -0.05) is 0 Å². The third-order valence-corrected chi connectivity index (χ3v) is 5.10. The quantitative estimate of drug-likeness (QED) is 0.755. The second-order valence-electron chi connectivity index (χ2n) is 6.57. The minimum atomic E-state index is -0.161. The van der Waals surface area contributed by atoms with Gasteiger partial charge >= 0.3 is 0 Å². The van der Waals surface area contributed by atoms with E-state index in [9.17, 15) is 9.90 Å². The first-order valence-electron chi connectivity index (χ1n) is 8.59. The number of rotatable bonds is 3. The summed E-state index contributed by atoms with van der Waals surface area (Å²) < 4.78 is 0. The number of anilines is 1. The average Bonchev–Trinajstić information content (AvgIpc) is 3.31. The first-order valence-corrected chi connectivity index (χ1v) is 8.59. The molecule has 2 fully saturated rings. The number of aromatic amines is 1. The molecule has 0 aliphatic carbocycles. The predicted octanol–water partition coefficient (Wildman–Crippen LogP) is 0.324. The fraction of sp³-hybridized carbons (Fsp3) is 0.529. The van der Waals surface area contributed by atoms with Crippen LogP contribution in [0.4, 0.5) is 5.69 Å². The van der Waals surface area contributed by atoms with Crippen molar-refractivity contribution in [3.8, 4) is 0 Å². The molecule has 7 nitrogen and oxygen atoms in total. The SMILES string of the molecule is O=C(C1CCCN1)N1CCN(c2ccc3nc[nH]c3c2)C[C@H]1CO. The molecular formula is C17H23N5O2. The van der Waals surface area contributed by atoms with Gasteiger partial charge in [-0.05, 0) is 37.6 Å². The van der Waals surface area contributed by atoms with Gasteiger partial charge in [0.15, 0.2) is 0 Å². The Balaban J connectivity index is 1.49. The Morgan fingerprint density at radius 1 is 1.38 bits per heavy atom. The Labute approximate surface area is 140 Å². The van der Waals surface area contributed by atoms with Gasteiger partial charge in [0.2, 0.25) is 5.91 Å². The number of imidazole rings is 1. The highest BCUT2D eigenvalue weighted by atomic mass is 16.3. The van der Waals surface area contributed by atoms with Crippen molar-refractivity contribution in [1.29, 1.82) is 0 Å². The summed E-state index contributed by atoms with van der Waals surface area (Å²) in [6, 6.07) is 5.88. The van der Waals surface area contributed by atoms with Gasteiger partial charge in [-0.2, -0.15) is 0 Å². The molecule has 1 unspecified atom stereocenters. The molecule has 0 spiro atoms. The van der Waals surface area contributed by atoms with E-state index >= 15 is 0 Å². The summed E-state index contributed by atoms with van der Waals surface area (Å²) in [7, 11) is 0. The lowest BCUT2D eigenvalue weighted by Gasteiger charge is -2.42. The Kier molecular flexibility index (Phi) is 4.12. The predicted molar refractivity (Wildman–Crippen MR) is 91.9 cm³/mol. The summed E-state index contributed by atoms with van der Waals surface area (Å²) >= 11 is 0. The summed E-state index contributed by atoms with van der Waals surface area (Å²) in [5.41, 5.74) is 3.04. The van der Waals surface area contributed by atoms with E-state index in [4.69, 9.17) is 0 Å². The van der Waals surface area contributed by atoms with E-state index in [0.29, 0.717) is 13.1 Å². The zero-order valence-corrected chi connectivity index (χ0v) is 13.6. The molecule has 1 aromatic carbocycles. The lowest BCUT2D eigenvalue weighted by molar-refractivity contribution is -0.136. The minimum absolute atomic E-state index is 0.0126. The number of nitrogens with zero attached hydrogens (tertiary/aromatic N) is 3. The molecule has 24 heavy (non-hydrogen) atoms. The van der Waals surface area contributed by atoms with E-state index in [1.165, 1.54) is 0 Å². The number of benzene rings is 1. The first kappa shape index (κ1) is 15.4. The highest BCUT2D eigenvalue weighted by Crippen LogP contribution is 2.23. The fourth-order valence-corrected chi connectivity index (χ4v) is 3.75. The summed E-state index contributed by atoms with van der Waals surface area (Å²) in [5.74, 6) is 0.134. The highest BCUT2D eigenvalue weighted by molar-refractivity contribution is 5.83. The Morgan fingerprint density at radius 2 is 2.29 bits per heavy atom. The number of H-pyrrole nitrogens is 1. The molecule has 2 aliphatic heterocycles. The van der Waals surface area contributed by atoms with Crippen LogP contribution in [0.25, 0.3) is 11.0 Å². The van der Waals surface area contributed by atoms with Gasteiger partial charge in [0.25, 0.3) is 0 Å². The zero-order valence-electron chi connectivity index (χ0n) is 13.6. The molecule has 128 valence electrons. The van der Waals surface area contributed by atoms with Crippen LogP contribution in [0.3, 0.4) is 0 Å². The fourth-order valence-electron chi connectivity index (χ4n) is 3.75. The summed E-state index contributed by atoms with van der Waals surface area (Å²) in [4.78, 5) is 24.1. The summed E-state index contributed by atoms with van der Waals surface area (Å²) in [5, 5.41) is 13.1. The van der Waals surface area contributed by atoms with Gasteiger partial charge in [0.05, 0.1) is 36.1 Å². The van der Waals surface area contributed by atoms with Crippen LogP contribution in [0.15, 0.2) is 24.5 Å². The average molecular weight is 329 g/mol. The van der Waals surface area contributed by atoms with Crippen molar-refractivity contribution in [3.05, 3.63) is 24.5 Å². The van der Waals surface area contributed by atoms with Crippen molar-refractivity contribution >= 4 is 22.6 Å². The van der Waals surface area contributed by atoms with E-state index in [-0.39, 0.29) is 24.6 Å². The topological polar surface area (TPSA) is 84.5 Å². The molecule has 2 aliphatic rings. The maximum atomic E-state index is 12.7. The molecule has 1 amide bonds. The summed E-state index contributed by atoms with van der Waals surface area (Å²) in [6.45, 7) is 2.96. The maximum Gasteiger partial charge on any atom is 0.240 e. The molecule has 7 heteroatoms. The third kappa shape index (κ3) is 2.74. The number of hydrogen-bond donors (Lipinski definition) is 3. The number of nitrogens with one attached hydrogen (secondary N) is 2. The van der Waals surface area contributed by atoms with Gasteiger partial charge < -0.3 is 25.2 Å². The first-order chi connectivity index (χ1) is 11.8. The van der Waals surface area contributed by atoms with Gasteiger partial charge in [-0.3, -0.25) is 4.79 Å². The van der Waals surface area contributed by atoms with E-state index in [1.807, 2.05) is 17.0 Å². The maximum absolute atomic E-state index is 12.7. The second-order valence-corrected chi connectivity index (χ2v) is 6.57. The van der Waals surface area contributed by atoms with Gasteiger partial charge in [-0.25, -0.2) is 4.98 Å². The van der Waals surface area contributed by atoms with Crippen LogP contribution in [0.2, 0.25) is 0 Å². The number of aromatic nitrogens is 2. The molecule has 3 N–H and O–H groups in total. The van der Waals surface area contributed by atoms with Gasteiger partial charge in [-0.15, -0.1) is 0 Å². The van der Waals surface area contributed by atoms with Crippen LogP contribution in [0.1, 0.15) is 12.8 Å². The molecule has 4 rings (SSSR count). The van der Waals surface area contributed by atoms with E-state index in [0.717, 1.165) is 42.7 Å². The van der Waals surface area contributed by atoms with Crippen LogP contribution >= 0.6 is 0 Å². The second kappa shape index (κ2) is 6.41. The number of aliphatic hydroxyl groups is 1. The van der Waals surface area contributed by atoms with E-state index < -0.39 is 0 Å². The number of carbonyl (C=O) groups is 1. The standard InChI is InChI=1S/C17H23N5O2/c23-10-13-9-21(12-3-4-14-16(8-12)20-11-19-14)6-7-22(13)17(24)15-2-1-5-18-15/h3-4,8,11,13,15,18,23H,1-2,5-7,9-10H2,(H,19,20)/t13-,15?/m0/s1. The lowest BCUT2D eigenvalue weighted by Crippen LogP contribution is -2.59. The molecule has 2 atom stereocenters. The van der Waals surface area contributed by atoms with Crippen molar-refractivity contribution in [3.63, 3.8) is 0 Å². The minimum Gasteiger partial charge on any atom is -0.394 e. The van der Waals surface area contributed by atoms with Crippen LogP contribution < -0.4 is 10.2 Å². The number of carbonyl (C=O) groups excluding carboxylic acids is 1. The number of piperazine rings is 1. The molecule has 2 aromatic rings. The zero-order chi connectivity index (χ0) is 16.5. The van der Waals surface area contributed by atoms with Crippen LogP contribution in [-0.2, 0) is 4.79 Å². The van der Waals surface area contributed by atoms with E-state index in [1.54, 1.807) is 6.33 Å². The van der Waals surface area contributed by atoms with Crippen molar-refractivity contribution in [2.45, 2.75) is 24.9 Å². The third-order valence-electron chi connectivity index (χ3n) is 5.10. The monoisotopic (exact) mass is 329 g/mol. The highest BCUT2D eigenvalue weighted by Gasteiger charge is 2.34. The van der Waals surface area contributed by atoms with Crippen molar-refractivity contribution in [1.82, 2.24) is 20.2 Å². The van der Waals surface area contributed by atoms with Crippen molar-refractivity contribution in [2.24, 2.45) is 0 Å². The number of hydrogen-bond acceptors (Lipinski definition) is 5. The number of amides is 1. The molecule has 3 heterocycles. The largest absolute Gasteiger partial charge is 0.394 e. The smallest absolute Gasteiger partial charge is 0.240 e. The number of fused-ring (bicyclic) bond motifs is 1. The van der Waals surface area contributed by atoms with Crippen LogP contribution in [-0.4, -0.2) is 70.8 Å². The van der Waals surface area contributed by atoms with Gasteiger partial charge in [0.1, 0.15) is 0 Å². The molecule has 0 radical (unpaired) electrons. The molecule has 0 bridgehead atoms. The molecular weight excluding hydrogens is 306 g/mol. The summed E-state index contributed by atoms with van der Waals surface area (Å²) in [6.07, 6.45) is 3.63. The van der Waals surface area contributed by atoms with E-state index in [2.05, 4.69) is 26.3 Å². The van der Waals surface area contributed by atoms with Crippen LogP contribution in [0, 0.1) is 0 Å². The van der Waals surface area contributed by atoms with Crippen molar-refractivity contribution < 1.29 is 9.90 Å². The van der Waals surface area contributed by atoms with Gasteiger partial charge in [0, 0.05) is 25.3 Å². The molecule has 0 saturated carbocycles. The Bertz CT molecular complexity index is 725.